The van der Waals surface area contributed by atoms with E-state index in [9.17, 15) is 0 Å². The number of halogens is 1. The maximum absolute atomic E-state index is 5.77. The molecule has 1 aliphatic rings. The molecule has 0 N–H and O–H groups in total. The Hall–Kier alpha value is -0.380. The first kappa shape index (κ1) is 11.1. The van der Waals surface area contributed by atoms with E-state index in [2.05, 4.69) is 29.8 Å². The van der Waals surface area contributed by atoms with Gasteiger partial charge in [0.2, 0.25) is 0 Å². The second-order valence-corrected chi connectivity index (χ2v) is 4.84. The number of ether oxygens (including phenoxy) is 2. The Labute approximate surface area is 98.7 Å². The van der Waals surface area contributed by atoms with Crippen LogP contribution in [-0.2, 0) is 9.47 Å². The Kier molecular flexibility index (Phi) is 3.44. The van der Waals surface area contributed by atoms with Crippen molar-refractivity contribution in [1.29, 1.82) is 0 Å². The molecule has 2 rings (SSSR count). The molecule has 1 saturated heterocycles. The monoisotopic (exact) mass is 270 g/mol. The van der Waals surface area contributed by atoms with Gasteiger partial charge in [-0.25, -0.2) is 0 Å². The van der Waals surface area contributed by atoms with E-state index < -0.39 is 0 Å². The first-order valence-corrected chi connectivity index (χ1v) is 6.01. The fraction of sp³-hybridized carbons (Fsp3) is 0.500. The minimum atomic E-state index is -0.237. The van der Waals surface area contributed by atoms with Crippen molar-refractivity contribution in [3.8, 4) is 0 Å². The third-order valence-electron chi connectivity index (χ3n) is 2.53. The Morgan fingerprint density at radius 1 is 1.13 bits per heavy atom. The number of hydrogen-bond acceptors (Lipinski definition) is 2. The Morgan fingerprint density at radius 3 is 2.33 bits per heavy atom. The highest BCUT2D eigenvalue weighted by Gasteiger charge is 2.27. The van der Waals surface area contributed by atoms with E-state index in [0.717, 1.165) is 16.5 Å². The predicted octanol–water partition coefficient (Wildman–Crippen LogP) is 3.66. The van der Waals surface area contributed by atoms with Gasteiger partial charge in [-0.05, 0) is 26.3 Å². The Bertz CT molecular complexity index is 330. The zero-order valence-corrected chi connectivity index (χ0v) is 10.5. The van der Waals surface area contributed by atoms with Crippen LogP contribution < -0.4 is 0 Å². The summed E-state index contributed by atoms with van der Waals surface area (Å²) in [6, 6.07) is 8.02. The smallest absolute Gasteiger partial charge is 0.185 e. The highest BCUT2D eigenvalue weighted by atomic mass is 79.9. The molecule has 0 bridgehead atoms. The molecule has 0 radical (unpaired) electrons. The summed E-state index contributed by atoms with van der Waals surface area (Å²) in [6.07, 6.45) is 1.23. The Balaban J connectivity index is 2.20. The molecule has 0 saturated carbocycles. The molecule has 0 amide bonds. The SMILES string of the molecule is C[C@H]1C[C@H](C)OC(c2ccccc2Br)O1. The van der Waals surface area contributed by atoms with Crippen molar-refractivity contribution < 1.29 is 9.47 Å². The quantitative estimate of drug-likeness (QED) is 0.776. The minimum absolute atomic E-state index is 0.237. The van der Waals surface area contributed by atoms with Crippen LogP contribution in [0.3, 0.4) is 0 Å². The molecule has 0 aliphatic carbocycles. The van der Waals surface area contributed by atoms with Gasteiger partial charge in [0.05, 0.1) is 12.2 Å². The van der Waals surface area contributed by atoms with Crippen molar-refractivity contribution in [2.24, 2.45) is 0 Å². The fourth-order valence-electron chi connectivity index (χ4n) is 1.85. The standard InChI is InChI=1S/C12H15BrO2/c1-8-7-9(2)15-12(14-8)10-5-3-4-6-11(10)13/h3-6,8-9,12H,7H2,1-2H3/t8-,9-/m0/s1. The van der Waals surface area contributed by atoms with Crippen molar-refractivity contribution in [2.75, 3.05) is 0 Å². The van der Waals surface area contributed by atoms with E-state index in [4.69, 9.17) is 9.47 Å². The minimum Gasteiger partial charge on any atom is -0.345 e. The van der Waals surface area contributed by atoms with Crippen LogP contribution in [0.5, 0.6) is 0 Å². The molecule has 2 nitrogen and oxygen atoms in total. The topological polar surface area (TPSA) is 18.5 Å². The van der Waals surface area contributed by atoms with Gasteiger partial charge in [-0.3, -0.25) is 0 Å². The lowest BCUT2D eigenvalue weighted by atomic mass is 10.1. The molecule has 0 spiro atoms. The molecule has 1 heterocycles. The van der Waals surface area contributed by atoms with Gasteiger partial charge in [0.1, 0.15) is 0 Å². The van der Waals surface area contributed by atoms with Crippen molar-refractivity contribution in [1.82, 2.24) is 0 Å². The zero-order valence-electron chi connectivity index (χ0n) is 8.94. The van der Waals surface area contributed by atoms with Crippen molar-refractivity contribution in [3.63, 3.8) is 0 Å². The van der Waals surface area contributed by atoms with Gasteiger partial charge in [0.15, 0.2) is 6.29 Å². The van der Waals surface area contributed by atoms with Crippen LogP contribution in [0.1, 0.15) is 32.1 Å². The third kappa shape index (κ3) is 2.60. The highest BCUT2D eigenvalue weighted by molar-refractivity contribution is 9.10. The number of rotatable bonds is 1. The van der Waals surface area contributed by atoms with E-state index in [1.807, 2.05) is 24.3 Å². The first-order valence-electron chi connectivity index (χ1n) is 5.22. The maximum Gasteiger partial charge on any atom is 0.185 e. The van der Waals surface area contributed by atoms with Gasteiger partial charge in [-0.2, -0.15) is 0 Å². The molecule has 1 aliphatic heterocycles. The van der Waals surface area contributed by atoms with Crippen molar-refractivity contribution >= 4 is 15.9 Å². The van der Waals surface area contributed by atoms with Gasteiger partial charge in [0.25, 0.3) is 0 Å². The van der Waals surface area contributed by atoms with Crippen LogP contribution in [0.15, 0.2) is 28.7 Å². The maximum atomic E-state index is 5.77. The van der Waals surface area contributed by atoms with Crippen LogP contribution >= 0.6 is 15.9 Å². The van der Waals surface area contributed by atoms with E-state index in [-0.39, 0.29) is 18.5 Å². The summed E-state index contributed by atoms with van der Waals surface area (Å²) < 4.78 is 12.6. The van der Waals surface area contributed by atoms with Gasteiger partial charge in [-0.1, -0.05) is 34.1 Å². The molecular weight excluding hydrogens is 256 g/mol. The lowest BCUT2D eigenvalue weighted by molar-refractivity contribution is -0.239. The average molecular weight is 271 g/mol. The van der Waals surface area contributed by atoms with Crippen LogP contribution in [0.2, 0.25) is 0 Å². The van der Waals surface area contributed by atoms with Crippen LogP contribution in [0, 0.1) is 0 Å². The van der Waals surface area contributed by atoms with Gasteiger partial charge in [-0.15, -0.1) is 0 Å². The fourth-order valence-corrected chi connectivity index (χ4v) is 2.32. The summed E-state index contributed by atoms with van der Waals surface area (Å²) >= 11 is 3.51. The molecule has 1 aromatic carbocycles. The van der Waals surface area contributed by atoms with E-state index in [0.29, 0.717) is 0 Å². The normalized spacial score (nSPS) is 31.5. The molecule has 0 aromatic heterocycles. The van der Waals surface area contributed by atoms with Crippen LogP contribution in [0.25, 0.3) is 0 Å². The summed E-state index contributed by atoms with van der Waals surface area (Å²) in [5.41, 5.74) is 1.07. The summed E-state index contributed by atoms with van der Waals surface area (Å²) in [5, 5.41) is 0. The van der Waals surface area contributed by atoms with E-state index in [1.54, 1.807) is 0 Å². The van der Waals surface area contributed by atoms with Gasteiger partial charge >= 0.3 is 0 Å². The van der Waals surface area contributed by atoms with Crippen molar-refractivity contribution in [3.05, 3.63) is 34.3 Å². The van der Waals surface area contributed by atoms with E-state index in [1.165, 1.54) is 0 Å². The lowest BCUT2D eigenvalue weighted by Crippen LogP contribution is -2.30. The molecular formula is C12H15BrO2. The summed E-state index contributed by atoms with van der Waals surface area (Å²) in [7, 11) is 0. The number of benzene rings is 1. The second-order valence-electron chi connectivity index (χ2n) is 3.98. The molecule has 1 fully saturated rings. The summed E-state index contributed by atoms with van der Waals surface area (Å²) in [6.45, 7) is 4.17. The highest BCUT2D eigenvalue weighted by Crippen LogP contribution is 2.33. The Morgan fingerprint density at radius 2 is 1.73 bits per heavy atom. The summed E-state index contributed by atoms with van der Waals surface area (Å²) in [4.78, 5) is 0. The first-order chi connectivity index (χ1) is 7.16. The third-order valence-corrected chi connectivity index (χ3v) is 3.26. The lowest BCUT2D eigenvalue weighted by Gasteiger charge is -2.33. The molecule has 3 heteroatoms. The number of hydrogen-bond donors (Lipinski definition) is 0. The molecule has 2 atom stereocenters. The van der Waals surface area contributed by atoms with Crippen LogP contribution in [-0.4, -0.2) is 12.2 Å². The molecule has 15 heavy (non-hydrogen) atoms. The average Bonchev–Trinajstić information content (AvgIpc) is 2.16. The molecule has 1 aromatic rings. The van der Waals surface area contributed by atoms with Gasteiger partial charge in [0, 0.05) is 10.0 Å². The second kappa shape index (κ2) is 4.64. The molecule has 82 valence electrons. The molecule has 0 unspecified atom stereocenters. The van der Waals surface area contributed by atoms with E-state index >= 15 is 0 Å². The zero-order chi connectivity index (χ0) is 10.8. The van der Waals surface area contributed by atoms with Gasteiger partial charge < -0.3 is 9.47 Å². The predicted molar refractivity (Wildman–Crippen MR) is 62.6 cm³/mol. The largest absolute Gasteiger partial charge is 0.345 e. The van der Waals surface area contributed by atoms with Crippen molar-refractivity contribution in [2.45, 2.75) is 38.8 Å². The summed E-state index contributed by atoms with van der Waals surface area (Å²) in [5.74, 6) is 0. The van der Waals surface area contributed by atoms with Crippen LogP contribution in [0.4, 0.5) is 0 Å².